The molecule has 3 amide bonds. The van der Waals surface area contributed by atoms with Gasteiger partial charge in [-0.3, -0.25) is 14.5 Å². The SMILES string of the molecule is CN1Cc2ccc(-c3ccc(CC(C#N)NC(=O)C4C5CCC(C)(C5)N4C(=O)OC(C)(C)C)cc3)cc2C1=O. The van der Waals surface area contributed by atoms with E-state index in [9.17, 15) is 19.6 Å². The summed E-state index contributed by atoms with van der Waals surface area (Å²) >= 11 is 0. The number of nitrogens with one attached hydrogen (secondary N) is 1. The molecule has 8 heteroatoms. The third kappa shape index (κ3) is 5.10. The molecule has 3 aliphatic rings. The van der Waals surface area contributed by atoms with E-state index >= 15 is 0 Å². The third-order valence-electron chi connectivity index (χ3n) is 8.21. The van der Waals surface area contributed by atoms with Crippen LogP contribution in [0, 0.1) is 17.2 Å². The maximum absolute atomic E-state index is 13.5. The van der Waals surface area contributed by atoms with Crippen LogP contribution in [0.2, 0.25) is 0 Å². The van der Waals surface area contributed by atoms with Crippen LogP contribution in [0.3, 0.4) is 0 Å². The van der Waals surface area contributed by atoms with E-state index in [0.29, 0.717) is 13.0 Å². The number of nitrogens with zero attached hydrogens (tertiary/aromatic N) is 3. The zero-order chi connectivity index (χ0) is 28.1. The van der Waals surface area contributed by atoms with Gasteiger partial charge in [-0.1, -0.05) is 36.4 Å². The summed E-state index contributed by atoms with van der Waals surface area (Å²) in [5, 5.41) is 12.8. The Kier molecular flexibility index (Phi) is 6.66. The molecule has 0 radical (unpaired) electrons. The van der Waals surface area contributed by atoms with E-state index in [-0.39, 0.29) is 17.7 Å². The highest BCUT2D eigenvalue weighted by atomic mass is 16.6. The summed E-state index contributed by atoms with van der Waals surface area (Å²) in [5.41, 5.74) is 3.54. The van der Waals surface area contributed by atoms with Crippen molar-refractivity contribution in [3.8, 4) is 17.2 Å². The van der Waals surface area contributed by atoms with Crippen LogP contribution in [0.5, 0.6) is 0 Å². The molecular formula is C31H36N4O4. The number of amides is 3. The predicted octanol–water partition coefficient (Wildman–Crippen LogP) is 4.67. The minimum Gasteiger partial charge on any atom is -0.444 e. The second kappa shape index (κ2) is 9.71. The normalized spacial score (nSPS) is 24.4. The van der Waals surface area contributed by atoms with Gasteiger partial charge in [-0.15, -0.1) is 0 Å². The Balaban J connectivity index is 1.27. The third-order valence-corrected chi connectivity index (χ3v) is 8.21. The largest absolute Gasteiger partial charge is 0.444 e. The number of carbonyl (C=O) groups is 3. The van der Waals surface area contributed by atoms with E-state index in [0.717, 1.165) is 47.1 Å². The standard InChI is InChI=1S/C31H36N4O4/c1-30(2,3)39-29(38)35-26(22-12-13-31(35,4)16-22)27(36)33-24(17-32)14-19-6-8-20(9-7-19)21-10-11-23-18-34(5)28(37)25(23)15-21/h6-11,15,22,24,26H,12-14,16,18H2,1-5H3,(H,33,36). The molecule has 2 bridgehead atoms. The van der Waals surface area contributed by atoms with Gasteiger partial charge in [0.05, 0.1) is 6.07 Å². The van der Waals surface area contributed by atoms with Crippen molar-refractivity contribution < 1.29 is 19.1 Å². The van der Waals surface area contributed by atoms with Crippen molar-refractivity contribution in [2.24, 2.45) is 5.92 Å². The molecule has 2 aromatic rings. The lowest BCUT2D eigenvalue weighted by Crippen LogP contribution is -2.58. The lowest BCUT2D eigenvalue weighted by Gasteiger charge is -2.41. The first-order chi connectivity index (χ1) is 18.4. The van der Waals surface area contributed by atoms with Crippen molar-refractivity contribution >= 4 is 17.9 Å². The number of carbonyl (C=O) groups excluding carboxylic acids is 3. The van der Waals surface area contributed by atoms with Crippen LogP contribution >= 0.6 is 0 Å². The molecule has 39 heavy (non-hydrogen) atoms. The molecule has 1 saturated heterocycles. The highest BCUT2D eigenvalue weighted by molar-refractivity contribution is 5.99. The highest BCUT2D eigenvalue weighted by Crippen LogP contribution is 2.50. The van der Waals surface area contributed by atoms with Crippen LogP contribution in [0.1, 0.15) is 68.4 Å². The van der Waals surface area contributed by atoms with Crippen molar-refractivity contribution in [2.45, 2.75) is 83.1 Å². The average molecular weight is 529 g/mol. The van der Waals surface area contributed by atoms with Crippen molar-refractivity contribution in [3.05, 3.63) is 59.2 Å². The van der Waals surface area contributed by atoms with Gasteiger partial charge in [0.25, 0.3) is 5.91 Å². The molecule has 1 saturated carbocycles. The first-order valence-electron chi connectivity index (χ1n) is 13.6. The fourth-order valence-corrected chi connectivity index (χ4v) is 6.36. The van der Waals surface area contributed by atoms with Crippen LogP contribution in [-0.2, 0) is 22.5 Å². The summed E-state index contributed by atoms with van der Waals surface area (Å²) in [4.78, 5) is 42.3. The molecule has 1 N–H and O–H groups in total. The molecule has 1 aliphatic carbocycles. The highest BCUT2D eigenvalue weighted by Gasteiger charge is 2.59. The van der Waals surface area contributed by atoms with E-state index < -0.39 is 29.3 Å². The fourth-order valence-electron chi connectivity index (χ4n) is 6.36. The van der Waals surface area contributed by atoms with Crippen LogP contribution in [-0.4, -0.2) is 58.0 Å². The molecule has 4 atom stereocenters. The molecule has 8 nitrogen and oxygen atoms in total. The Hall–Kier alpha value is -3.86. The number of nitriles is 1. The topological polar surface area (TPSA) is 103 Å². The minimum atomic E-state index is -0.732. The molecule has 2 heterocycles. The number of fused-ring (bicyclic) bond motifs is 3. The number of hydrogen-bond acceptors (Lipinski definition) is 5. The Bertz CT molecular complexity index is 1360. The van der Waals surface area contributed by atoms with Gasteiger partial charge in [0.2, 0.25) is 5.91 Å². The van der Waals surface area contributed by atoms with Gasteiger partial charge in [0, 0.05) is 31.1 Å². The summed E-state index contributed by atoms with van der Waals surface area (Å²) in [7, 11) is 1.80. The molecule has 0 aromatic heterocycles. The summed E-state index contributed by atoms with van der Waals surface area (Å²) in [6.45, 7) is 8.09. The number of benzene rings is 2. The maximum atomic E-state index is 13.5. The fraction of sp³-hybridized carbons (Fsp3) is 0.484. The van der Waals surface area contributed by atoms with Crippen LogP contribution in [0.4, 0.5) is 4.79 Å². The van der Waals surface area contributed by atoms with E-state index in [1.54, 1.807) is 16.8 Å². The quantitative estimate of drug-likeness (QED) is 0.608. The number of ether oxygens (including phenoxy) is 1. The van der Waals surface area contributed by atoms with Gasteiger partial charge < -0.3 is 15.0 Å². The summed E-state index contributed by atoms with van der Waals surface area (Å²) in [6.07, 6.45) is 2.34. The van der Waals surface area contributed by atoms with Gasteiger partial charge in [-0.2, -0.15) is 5.26 Å². The Morgan fingerprint density at radius 3 is 2.54 bits per heavy atom. The maximum Gasteiger partial charge on any atom is 0.411 e. The molecule has 4 unspecified atom stereocenters. The lowest BCUT2D eigenvalue weighted by molar-refractivity contribution is -0.129. The zero-order valence-electron chi connectivity index (χ0n) is 23.3. The second-order valence-electron chi connectivity index (χ2n) is 12.4. The van der Waals surface area contributed by atoms with Crippen molar-refractivity contribution in [2.75, 3.05) is 7.05 Å². The Labute approximate surface area is 229 Å². The summed E-state index contributed by atoms with van der Waals surface area (Å²) in [6, 6.07) is 14.6. The smallest absolute Gasteiger partial charge is 0.411 e. The van der Waals surface area contributed by atoms with Crippen molar-refractivity contribution in [1.82, 2.24) is 15.1 Å². The molecular weight excluding hydrogens is 492 g/mol. The van der Waals surface area contributed by atoms with Gasteiger partial charge in [0.15, 0.2) is 0 Å². The van der Waals surface area contributed by atoms with Gasteiger partial charge >= 0.3 is 6.09 Å². The van der Waals surface area contributed by atoms with E-state index in [1.165, 1.54) is 0 Å². The molecule has 2 aromatic carbocycles. The Morgan fingerprint density at radius 1 is 1.18 bits per heavy atom. The van der Waals surface area contributed by atoms with Crippen LogP contribution < -0.4 is 5.32 Å². The van der Waals surface area contributed by atoms with Gasteiger partial charge in [0.1, 0.15) is 17.7 Å². The Morgan fingerprint density at radius 2 is 1.87 bits per heavy atom. The number of piperidine rings is 1. The predicted molar refractivity (Wildman–Crippen MR) is 147 cm³/mol. The number of hydrogen-bond donors (Lipinski definition) is 1. The first-order valence-corrected chi connectivity index (χ1v) is 13.6. The summed E-state index contributed by atoms with van der Waals surface area (Å²) < 4.78 is 5.65. The molecule has 5 rings (SSSR count). The van der Waals surface area contributed by atoms with E-state index in [4.69, 9.17) is 4.74 Å². The zero-order valence-corrected chi connectivity index (χ0v) is 23.3. The van der Waals surface area contributed by atoms with Crippen LogP contribution in [0.25, 0.3) is 11.1 Å². The van der Waals surface area contributed by atoms with Crippen molar-refractivity contribution in [3.63, 3.8) is 0 Å². The second-order valence-corrected chi connectivity index (χ2v) is 12.4. The monoisotopic (exact) mass is 528 g/mol. The average Bonchev–Trinajstić information content (AvgIpc) is 3.50. The lowest BCUT2D eigenvalue weighted by atomic mass is 9.95. The van der Waals surface area contributed by atoms with Gasteiger partial charge in [-0.25, -0.2) is 4.79 Å². The van der Waals surface area contributed by atoms with E-state index in [2.05, 4.69) is 11.4 Å². The number of rotatable bonds is 5. The van der Waals surface area contributed by atoms with Crippen molar-refractivity contribution in [1.29, 1.82) is 5.26 Å². The molecule has 2 aliphatic heterocycles. The number of likely N-dealkylation sites (tertiary alicyclic amines) is 1. The first kappa shape index (κ1) is 26.7. The van der Waals surface area contributed by atoms with E-state index in [1.807, 2.05) is 70.2 Å². The van der Waals surface area contributed by atoms with Gasteiger partial charge in [-0.05, 0) is 81.2 Å². The molecule has 2 fully saturated rings. The minimum absolute atomic E-state index is 0.0331. The van der Waals surface area contributed by atoms with Crippen LogP contribution in [0.15, 0.2) is 42.5 Å². The molecule has 0 spiro atoms. The summed E-state index contributed by atoms with van der Waals surface area (Å²) in [5.74, 6) is -0.212. The molecule has 204 valence electrons.